The third-order valence-electron chi connectivity index (χ3n) is 2.52. The van der Waals surface area contributed by atoms with Crippen LogP contribution in [0.2, 0.25) is 5.02 Å². The first-order valence-electron chi connectivity index (χ1n) is 5.48. The summed E-state index contributed by atoms with van der Waals surface area (Å²) in [6.45, 7) is 0.0103. The van der Waals surface area contributed by atoms with Crippen LogP contribution in [0.5, 0.6) is 5.75 Å². The fraction of sp³-hybridized carbons (Fsp3) is 0.0769. The van der Waals surface area contributed by atoms with Gasteiger partial charge >= 0.3 is 5.69 Å². The van der Waals surface area contributed by atoms with E-state index < -0.39 is 10.7 Å². The number of benzene rings is 2. The zero-order chi connectivity index (χ0) is 14.7. The number of rotatable bonds is 4. The summed E-state index contributed by atoms with van der Waals surface area (Å²) >= 11 is 9.28. The Hall–Kier alpha value is -1.66. The molecule has 20 heavy (non-hydrogen) atoms. The highest BCUT2D eigenvalue weighted by molar-refractivity contribution is 9.10. The predicted molar refractivity (Wildman–Crippen MR) is 76.5 cm³/mol. The largest absolute Gasteiger partial charge is 0.482 e. The number of hydrogen-bond acceptors (Lipinski definition) is 3. The Balaban J connectivity index is 2.22. The monoisotopic (exact) mass is 359 g/mol. The minimum atomic E-state index is -0.627. The summed E-state index contributed by atoms with van der Waals surface area (Å²) in [6, 6.07) is 8.22. The minimum Gasteiger partial charge on any atom is -0.482 e. The highest BCUT2D eigenvalue weighted by atomic mass is 79.9. The Morgan fingerprint density at radius 3 is 2.70 bits per heavy atom. The van der Waals surface area contributed by atoms with Crippen LogP contribution in [-0.2, 0) is 6.61 Å². The molecular formula is C13H8BrClFNO3. The SMILES string of the molecule is O=[N+]([O-])c1ccc(F)cc1OCc1ccc(Br)cc1Cl. The van der Waals surface area contributed by atoms with Gasteiger partial charge < -0.3 is 4.74 Å². The number of nitro groups is 1. The van der Waals surface area contributed by atoms with Gasteiger partial charge in [-0.15, -0.1) is 0 Å². The number of halogens is 3. The van der Waals surface area contributed by atoms with Crippen LogP contribution in [-0.4, -0.2) is 4.92 Å². The van der Waals surface area contributed by atoms with Crippen LogP contribution in [0.25, 0.3) is 0 Å². The molecule has 0 aliphatic heterocycles. The van der Waals surface area contributed by atoms with Gasteiger partial charge in [-0.2, -0.15) is 0 Å². The number of ether oxygens (including phenoxy) is 1. The van der Waals surface area contributed by atoms with E-state index in [9.17, 15) is 14.5 Å². The molecule has 0 aliphatic carbocycles. The smallest absolute Gasteiger partial charge is 0.311 e. The summed E-state index contributed by atoms with van der Waals surface area (Å²) < 4.78 is 19.2. The lowest BCUT2D eigenvalue weighted by atomic mass is 10.2. The average Bonchev–Trinajstić information content (AvgIpc) is 2.37. The first-order chi connectivity index (χ1) is 9.47. The molecule has 0 heterocycles. The maximum atomic E-state index is 13.1. The van der Waals surface area contributed by atoms with Gasteiger partial charge in [0, 0.05) is 27.2 Å². The van der Waals surface area contributed by atoms with E-state index in [-0.39, 0.29) is 18.0 Å². The molecule has 0 aromatic heterocycles. The third kappa shape index (κ3) is 3.46. The molecule has 7 heteroatoms. The summed E-state index contributed by atoms with van der Waals surface area (Å²) in [5.74, 6) is -0.735. The number of hydrogen-bond donors (Lipinski definition) is 0. The zero-order valence-corrected chi connectivity index (χ0v) is 12.3. The molecule has 0 amide bonds. The maximum absolute atomic E-state index is 13.1. The van der Waals surface area contributed by atoms with E-state index in [1.807, 2.05) is 0 Å². The lowest BCUT2D eigenvalue weighted by molar-refractivity contribution is -0.386. The minimum absolute atomic E-state index is 0.0103. The second-order valence-electron chi connectivity index (χ2n) is 3.89. The highest BCUT2D eigenvalue weighted by Crippen LogP contribution is 2.29. The van der Waals surface area contributed by atoms with Crippen molar-refractivity contribution in [3.05, 3.63) is 67.4 Å². The van der Waals surface area contributed by atoms with Gasteiger partial charge in [0.1, 0.15) is 12.4 Å². The van der Waals surface area contributed by atoms with Crippen molar-refractivity contribution in [1.82, 2.24) is 0 Å². The van der Waals surface area contributed by atoms with Gasteiger partial charge in [-0.1, -0.05) is 33.6 Å². The van der Waals surface area contributed by atoms with Crippen molar-refractivity contribution < 1.29 is 14.1 Å². The van der Waals surface area contributed by atoms with E-state index in [4.69, 9.17) is 16.3 Å². The standard InChI is InChI=1S/C13H8BrClFNO3/c14-9-2-1-8(11(15)5-9)7-20-13-6-10(16)3-4-12(13)17(18)19/h1-6H,7H2. The molecule has 0 saturated heterocycles. The molecule has 2 rings (SSSR count). The van der Waals surface area contributed by atoms with E-state index in [0.717, 1.165) is 22.7 Å². The van der Waals surface area contributed by atoms with Gasteiger partial charge in [-0.05, 0) is 18.2 Å². The molecule has 0 saturated carbocycles. The molecule has 0 fully saturated rings. The molecular weight excluding hydrogens is 353 g/mol. The Kier molecular flexibility index (Phi) is 4.57. The van der Waals surface area contributed by atoms with Crippen LogP contribution in [0.4, 0.5) is 10.1 Å². The molecule has 0 bridgehead atoms. The van der Waals surface area contributed by atoms with Gasteiger partial charge in [0.05, 0.1) is 4.92 Å². The normalized spacial score (nSPS) is 10.3. The molecule has 0 unspecified atom stereocenters. The second-order valence-corrected chi connectivity index (χ2v) is 5.22. The van der Waals surface area contributed by atoms with Crippen molar-refractivity contribution in [2.24, 2.45) is 0 Å². The van der Waals surface area contributed by atoms with Gasteiger partial charge in [-0.3, -0.25) is 10.1 Å². The molecule has 104 valence electrons. The zero-order valence-electron chi connectivity index (χ0n) is 9.98. The molecule has 0 N–H and O–H groups in total. The third-order valence-corrected chi connectivity index (χ3v) is 3.36. The van der Waals surface area contributed by atoms with Crippen LogP contribution in [0.15, 0.2) is 40.9 Å². The summed E-state index contributed by atoms with van der Waals surface area (Å²) in [5, 5.41) is 11.3. The molecule has 2 aromatic rings. The van der Waals surface area contributed by atoms with Crippen LogP contribution >= 0.6 is 27.5 Å². The van der Waals surface area contributed by atoms with Crippen molar-refractivity contribution >= 4 is 33.2 Å². The number of nitro benzene ring substituents is 1. The Labute approximate surface area is 127 Å². The van der Waals surface area contributed by atoms with Crippen LogP contribution in [0.3, 0.4) is 0 Å². The highest BCUT2D eigenvalue weighted by Gasteiger charge is 2.16. The quantitative estimate of drug-likeness (QED) is 0.585. The second kappa shape index (κ2) is 6.19. The Bertz CT molecular complexity index is 666. The van der Waals surface area contributed by atoms with E-state index in [1.54, 1.807) is 18.2 Å². The van der Waals surface area contributed by atoms with E-state index in [2.05, 4.69) is 15.9 Å². The average molecular weight is 361 g/mol. The number of nitrogens with zero attached hydrogens (tertiary/aromatic N) is 1. The van der Waals surface area contributed by atoms with Gasteiger partial charge in [0.15, 0.2) is 5.75 Å². The maximum Gasteiger partial charge on any atom is 0.311 e. The van der Waals surface area contributed by atoms with E-state index in [0.29, 0.717) is 10.6 Å². The van der Waals surface area contributed by atoms with Crippen molar-refractivity contribution in [2.75, 3.05) is 0 Å². The summed E-state index contributed by atoms with van der Waals surface area (Å²) in [5.41, 5.74) is 0.355. The van der Waals surface area contributed by atoms with Crippen molar-refractivity contribution in [2.45, 2.75) is 6.61 Å². The van der Waals surface area contributed by atoms with E-state index in [1.165, 1.54) is 0 Å². The van der Waals surface area contributed by atoms with Crippen molar-refractivity contribution in [3.63, 3.8) is 0 Å². The van der Waals surface area contributed by atoms with Crippen LogP contribution in [0.1, 0.15) is 5.56 Å². The Morgan fingerprint density at radius 1 is 1.30 bits per heavy atom. The van der Waals surface area contributed by atoms with Gasteiger partial charge in [-0.25, -0.2) is 4.39 Å². The molecule has 4 nitrogen and oxygen atoms in total. The predicted octanol–water partition coefficient (Wildman–Crippen LogP) is 4.73. The Morgan fingerprint density at radius 2 is 2.05 bits per heavy atom. The van der Waals surface area contributed by atoms with E-state index >= 15 is 0 Å². The van der Waals surface area contributed by atoms with Gasteiger partial charge in [0.25, 0.3) is 0 Å². The first-order valence-corrected chi connectivity index (χ1v) is 6.65. The fourth-order valence-corrected chi connectivity index (χ4v) is 2.28. The molecule has 2 aromatic carbocycles. The van der Waals surface area contributed by atoms with Crippen LogP contribution in [0, 0.1) is 15.9 Å². The molecule has 0 spiro atoms. The summed E-state index contributed by atoms with van der Waals surface area (Å²) in [4.78, 5) is 10.2. The van der Waals surface area contributed by atoms with Crippen molar-refractivity contribution in [1.29, 1.82) is 0 Å². The van der Waals surface area contributed by atoms with Crippen molar-refractivity contribution in [3.8, 4) is 5.75 Å². The summed E-state index contributed by atoms with van der Waals surface area (Å²) in [7, 11) is 0. The lowest BCUT2D eigenvalue weighted by Gasteiger charge is -2.08. The molecule has 0 radical (unpaired) electrons. The first kappa shape index (κ1) is 14.7. The van der Waals surface area contributed by atoms with Crippen LogP contribution < -0.4 is 4.74 Å². The fourth-order valence-electron chi connectivity index (χ4n) is 1.55. The molecule has 0 atom stereocenters. The van der Waals surface area contributed by atoms with Gasteiger partial charge in [0.2, 0.25) is 0 Å². The lowest BCUT2D eigenvalue weighted by Crippen LogP contribution is -2.00. The topological polar surface area (TPSA) is 52.4 Å². The summed E-state index contributed by atoms with van der Waals surface area (Å²) in [6.07, 6.45) is 0. The molecule has 0 aliphatic rings.